The summed E-state index contributed by atoms with van der Waals surface area (Å²) in [5, 5.41) is 0. The lowest BCUT2D eigenvalue weighted by Gasteiger charge is -2.37. The number of anilines is 1. The molecule has 0 radical (unpaired) electrons. The van der Waals surface area contributed by atoms with Gasteiger partial charge in [0.2, 0.25) is 5.91 Å². The molecule has 5 heteroatoms. The fourth-order valence-corrected chi connectivity index (χ4v) is 3.58. The molecule has 1 aliphatic carbocycles. The van der Waals surface area contributed by atoms with Gasteiger partial charge in [0.15, 0.2) is 0 Å². The Morgan fingerprint density at radius 3 is 2.42 bits per heavy atom. The third-order valence-electron chi connectivity index (χ3n) is 5.13. The quantitative estimate of drug-likeness (QED) is 0.870. The Labute approximate surface area is 140 Å². The zero-order valence-corrected chi connectivity index (χ0v) is 13.5. The van der Waals surface area contributed by atoms with Crippen LogP contribution in [-0.2, 0) is 10.2 Å². The molecule has 1 saturated heterocycles. The summed E-state index contributed by atoms with van der Waals surface area (Å²) in [6, 6.07) is 10.6. The van der Waals surface area contributed by atoms with Crippen LogP contribution in [-0.4, -0.2) is 42.0 Å². The summed E-state index contributed by atoms with van der Waals surface area (Å²) in [7, 11) is 0. The van der Waals surface area contributed by atoms with Gasteiger partial charge in [-0.2, -0.15) is 0 Å². The highest BCUT2D eigenvalue weighted by molar-refractivity contribution is 5.91. The Kier molecular flexibility index (Phi) is 3.71. The summed E-state index contributed by atoms with van der Waals surface area (Å²) >= 11 is 0. The zero-order chi connectivity index (χ0) is 16.6. The number of carbonyl (C=O) groups excluding carboxylic acids is 1. The van der Waals surface area contributed by atoms with Crippen molar-refractivity contribution in [3.05, 3.63) is 60.2 Å². The van der Waals surface area contributed by atoms with Gasteiger partial charge in [0, 0.05) is 37.9 Å². The molecule has 4 nitrogen and oxygen atoms in total. The van der Waals surface area contributed by atoms with Crippen molar-refractivity contribution >= 4 is 11.6 Å². The minimum Gasteiger partial charge on any atom is -0.367 e. The number of pyridine rings is 1. The molecule has 1 aliphatic heterocycles. The number of nitrogens with zero attached hydrogens (tertiary/aromatic N) is 3. The number of hydrogen-bond acceptors (Lipinski definition) is 3. The number of aromatic nitrogens is 1. The van der Waals surface area contributed by atoms with Gasteiger partial charge in [-0.25, -0.2) is 4.39 Å². The topological polar surface area (TPSA) is 36.4 Å². The highest BCUT2D eigenvalue weighted by Gasteiger charge is 2.54. The first kappa shape index (κ1) is 15.1. The number of piperazine rings is 1. The van der Waals surface area contributed by atoms with Crippen molar-refractivity contribution in [3.8, 4) is 0 Å². The van der Waals surface area contributed by atoms with Gasteiger partial charge in [-0.15, -0.1) is 0 Å². The van der Waals surface area contributed by atoms with Crippen molar-refractivity contribution in [3.63, 3.8) is 0 Å². The molecule has 0 bridgehead atoms. The van der Waals surface area contributed by atoms with Crippen molar-refractivity contribution in [1.29, 1.82) is 0 Å². The number of amides is 1. The maximum atomic E-state index is 14.2. The van der Waals surface area contributed by atoms with Crippen molar-refractivity contribution in [2.75, 3.05) is 31.1 Å². The van der Waals surface area contributed by atoms with Crippen LogP contribution in [0.25, 0.3) is 0 Å². The molecule has 24 heavy (non-hydrogen) atoms. The largest absolute Gasteiger partial charge is 0.367 e. The first-order valence-electron chi connectivity index (χ1n) is 8.40. The fourth-order valence-electron chi connectivity index (χ4n) is 3.58. The Morgan fingerprint density at radius 1 is 1.04 bits per heavy atom. The zero-order valence-electron chi connectivity index (χ0n) is 13.5. The van der Waals surface area contributed by atoms with E-state index in [1.165, 1.54) is 6.07 Å². The molecular formula is C19H20FN3O. The smallest absolute Gasteiger partial charge is 0.233 e. The van der Waals surface area contributed by atoms with Crippen molar-refractivity contribution in [2.45, 2.75) is 18.3 Å². The van der Waals surface area contributed by atoms with Gasteiger partial charge in [0.25, 0.3) is 0 Å². The molecule has 0 spiro atoms. The number of carbonyl (C=O) groups is 1. The van der Waals surface area contributed by atoms with E-state index in [2.05, 4.69) is 9.88 Å². The second-order valence-corrected chi connectivity index (χ2v) is 6.55. The first-order valence-corrected chi connectivity index (χ1v) is 8.40. The predicted molar refractivity (Wildman–Crippen MR) is 90.3 cm³/mol. The van der Waals surface area contributed by atoms with Crippen molar-refractivity contribution in [1.82, 2.24) is 9.88 Å². The molecule has 2 heterocycles. The molecule has 2 fully saturated rings. The first-order chi connectivity index (χ1) is 11.7. The molecule has 2 aliphatic rings. The average molecular weight is 325 g/mol. The van der Waals surface area contributed by atoms with Crippen LogP contribution in [0.3, 0.4) is 0 Å². The van der Waals surface area contributed by atoms with Crippen molar-refractivity contribution < 1.29 is 9.18 Å². The average Bonchev–Trinajstić information content (AvgIpc) is 3.44. The van der Waals surface area contributed by atoms with Crippen LogP contribution in [0, 0.1) is 5.82 Å². The second kappa shape index (κ2) is 5.89. The molecule has 0 atom stereocenters. The minimum absolute atomic E-state index is 0.0819. The van der Waals surface area contributed by atoms with Gasteiger partial charge in [-0.05, 0) is 31.0 Å². The minimum atomic E-state index is -0.623. The van der Waals surface area contributed by atoms with Gasteiger partial charge in [-0.3, -0.25) is 9.78 Å². The van der Waals surface area contributed by atoms with Crippen molar-refractivity contribution in [2.24, 2.45) is 0 Å². The van der Waals surface area contributed by atoms with E-state index < -0.39 is 5.41 Å². The van der Waals surface area contributed by atoms with Crippen LogP contribution in [0.4, 0.5) is 10.1 Å². The third kappa shape index (κ3) is 2.54. The van der Waals surface area contributed by atoms with Crippen LogP contribution in [0.5, 0.6) is 0 Å². The van der Waals surface area contributed by atoms with Gasteiger partial charge in [-0.1, -0.05) is 18.2 Å². The Morgan fingerprint density at radius 2 is 1.79 bits per heavy atom. The fraction of sp³-hybridized carbons (Fsp3) is 0.368. The lowest BCUT2D eigenvalue weighted by Crippen LogP contribution is -2.51. The molecule has 0 unspecified atom stereocenters. The molecule has 0 N–H and O–H groups in total. The summed E-state index contributed by atoms with van der Waals surface area (Å²) < 4.78 is 14.2. The van der Waals surface area contributed by atoms with Crippen LogP contribution < -0.4 is 4.90 Å². The number of halogens is 1. The van der Waals surface area contributed by atoms with Crippen LogP contribution in [0.15, 0.2) is 48.8 Å². The van der Waals surface area contributed by atoms with E-state index >= 15 is 0 Å². The maximum absolute atomic E-state index is 14.2. The monoisotopic (exact) mass is 325 g/mol. The highest BCUT2D eigenvalue weighted by Crippen LogP contribution is 2.50. The van der Waals surface area contributed by atoms with E-state index in [1.807, 2.05) is 29.3 Å². The van der Waals surface area contributed by atoms with E-state index in [0.717, 1.165) is 31.6 Å². The molecule has 1 aromatic carbocycles. The Balaban J connectivity index is 1.46. The summed E-state index contributed by atoms with van der Waals surface area (Å²) in [5.41, 5.74) is 1.02. The van der Waals surface area contributed by atoms with E-state index in [-0.39, 0.29) is 11.7 Å². The van der Waals surface area contributed by atoms with E-state index in [0.29, 0.717) is 18.7 Å². The van der Waals surface area contributed by atoms with Gasteiger partial charge < -0.3 is 9.80 Å². The van der Waals surface area contributed by atoms with Crippen LogP contribution in [0.2, 0.25) is 0 Å². The summed E-state index contributed by atoms with van der Waals surface area (Å²) in [6.45, 7) is 2.91. The number of benzene rings is 1. The predicted octanol–water partition coefficient (Wildman–Crippen LogP) is 2.60. The van der Waals surface area contributed by atoms with Crippen LogP contribution >= 0.6 is 0 Å². The second-order valence-electron chi connectivity index (χ2n) is 6.55. The van der Waals surface area contributed by atoms with Gasteiger partial charge in [0.1, 0.15) is 5.82 Å². The molecule has 2 aromatic rings. The summed E-state index contributed by atoms with van der Waals surface area (Å²) in [5.74, 6) is -0.184. The van der Waals surface area contributed by atoms with Crippen LogP contribution in [0.1, 0.15) is 18.4 Å². The molecule has 1 amide bonds. The number of hydrogen-bond donors (Lipinski definition) is 0. The van der Waals surface area contributed by atoms with E-state index in [9.17, 15) is 9.18 Å². The standard InChI is InChI=1S/C19H20FN3O/c20-17-6-2-1-5-16(17)19(7-8-19)18(24)23-12-10-22(11-13-23)15-4-3-9-21-14-15/h1-6,9,14H,7-8,10-13H2. The van der Waals surface area contributed by atoms with E-state index in [4.69, 9.17) is 0 Å². The third-order valence-corrected chi connectivity index (χ3v) is 5.13. The molecule has 1 saturated carbocycles. The Hall–Kier alpha value is -2.43. The number of rotatable bonds is 3. The lowest BCUT2D eigenvalue weighted by atomic mass is 9.93. The normalized spacial score (nSPS) is 19.2. The lowest BCUT2D eigenvalue weighted by molar-refractivity contribution is -0.134. The maximum Gasteiger partial charge on any atom is 0.233 e. The van der Waals surface area contributed by atoms with Gasteiger partial charge >= 0.3 is 0 Å². The molecule has 124 valence electrons. The summed E-state index contributed by atoms with van der Waals surface area (Å²) in [4.78, 5) is 21.3. The molecule has 4 rings (SSSR count). The Bertz CT molecular complexity index is 737. The summed E-state index contributed by atoms with van der Waals surface area (Å²) in [6.07, 6.45) is 5.10. The molecule has 1 aromatic heterocycles. The highest BCUT2D eigenvalue weighted by atomic mass is 19.1. The van der Waals surface area contributed by atoms with E-state index in [1.54, 1.807) is 18.3 Å². The SMILES string of the molecule is O=C(N1CCN(c2cccnc2)CC1)C1(c2ccccc2F)CC1. The molecular weight excluding hydrogens is 305 g/mol. The van der Waals surface area contributed by atoms with Gasteiger partial charge in [0.05, 0.1) is 17.3 Å².